The van der Waals surface area contributed by atoms with Crippen LogP contribution >= 0.6 is 0 Å². The molecule has 154 valence electrons. The molecule has 1 aromatic carbocycles. The zero-order chi connectivity index (χ0) is 20.6. The molecule has 1 atom stereocenters. The number of hydrogen-bond donors (Lipinski definition) is 5. The number of rotatable bonds is 14. The van der Waals surface area contributed by atoms with E-state index in [2.05, 4.69) is 28.0 Å². The molecule has 6 N–H and O–H groups in total. The molecule has 8 nitrogen and oxygen atoms in total. The third kappa shape index (κ3) is 10.3. The van der Waals surface area contributed by atoms with E-state index in [1.165, 1.54) is 5.56 Å². The molecule has 1 rings (SSSR count). The number of nitrogens with two attached hydrogens (primary N) is 1. The van der Waals surface area contributed by atoms with E-state index in [0.717, 1.165) is 32.1 Å². The Kier molecular flexibility index (Phi) is 11.7. The first-order valence-electron chi connectivity index (χ1n) is 9.74. The predicted molar refractivity (Wildman–Crippen MR) is 110 cm³/mol. The van der Waals surface area contributed by atoms with Gasteiger partial charge in [-0.2, -0.15) is 5.11 Å². The average molecular weight is 389 g/mol. The Bertz CT molecular complexity index is 633. The summed E-state index contributed by atoms with van der Waals surface area (Å²) >= 11 is 0. The van der Waals surface area contributed by atoms with Gasteiger partial charge < -0.3 is 21.7 Å². The van der Waals surface area contributed by atoms with Crippen molar-refractivity contribution in [3.05, 3.63) is 47.8 Å². The van der Waals surface area contributed by atoms with Crippen LogP contribution in [0.3, 0.4) is 0 Å². The zero-order valence-electron chi connectivity index (χ0n) is 16.5. The van der Waals surface area contributed by atoms with Gasteiger partial charge in [0.15, 0.2) is 0 Å². The molecule has 0 saturated carbocycles. The minimum atomic E-state index is -0.755. The quantitative estimate of drug-likeness (QED) is 0.248. The van der Waals surface area contributed by atoms with Crippen LogP contribution in [0.4, 0.5) is 4.79 Å². The monoisotopic (exact) mass is 388 g/mol. The largest absolute Gasteiger partial charge is 0.389 e. The Morgan fingerprint density at radius 2 is 1.93 bits per heavy atom. The van der Waals surface area contributed by atoms with Gasteiger partial charge >= 0.3 is 6.03 Å². The van der Waals surface area contributed by atoms with Crippen LogP contribution in [0.1, 0.15) is 44.6 Å². The van der Waals surface area contributed by atoms with Crippen LogP contribution < -0.4 is 21.7 Å². The van der Waals surface area contributed by atoms with E-state index in [1.54, 1.807) is 6.20 Å². The number of primary amides is 1. The van der Waals surface area contributed by atoms with E-state index in [1.807, 2.05) is 30.3 Å². The van der Waals surface area contributed by atoms with E-state index in [0.29, 0.717) is 13.1 Å². The van der Waals surface area contributed by atoms with Gasteiger partial charge in [-0.3, -0.25) is 4.79 Å². The second-order valence-corrected chi connectivity index (χ2v) is 6.55. The Morgan fingerprint density at radius 3 is 2.57 bits per heavy atom. The van der Waals surface area contributed by atoms with Gasteiger partial charge in [-0.1, -0.05) is 56.5 Å². The van der Waals surface area contributed by atoms with Gasteiger partial charge in [-0.15, -0.1) is 0 Å². The summed E-state index contributed by atoms with van der Waals surface area (Å²) in [7, 11) is 0. The topological polar surface area (TPSA) is 132 Å². The maximum absolute atomic E-state index is 12.1. The lowest BCUT2D eigenvalue weighted by atomic mass is 10.1. The summed E-state index contributed by atoms with van der Waals surface area (Å²) in [6, 6.07) is 8.82. The summed E-state index contributed by atoms with van der Waals surface area (Å²) < 4.78 is 0. The van der Waals surface area contributed by atoms with Crippen molar-refractivity contribution >= 4 is 11.9 Å². The molecular weight excluding hydrogens is 356 g/mol. The highest BCUT2D eigenvalue weighted by atomic mass is 16.2. The molecule has 0 heterocycles. The zero-order valence-corrected chi connectivity index (χ0v) is 16.5. The molecule has 0 spiro atoms. The number of carbonyl (C=O) groups is 2. The van der Waals surface area contributed by atoms with Crippen molar-refractivity contribution in [2.45, 2.75) is 51.5 Å². The summed E-state index contributed by atoms with van der Waals surface area (Å²) in [4.78, 5) is 23.4. The maximum Gasteiger partial charge on any atom is 0.315 e. The van der Waals surface area contributed by atoms with Gasteiger partial charge in [-0.05, 0) is 18.4 Å². The van der Waals surface area contributed by atoms with E-state index in [4.69, 9.17) is 11.3 Å². The van der Waals surface area contributed by atoms with Crippen molar-refractivity contribution in [1.29, 1.82) is 5.53 Å². The summed E-state index contributed by atoms with van der Waals surface area (Å²) in [6.07, 6.45) is 6.43. The fourth-order valence-electron chi connectivity index (χ4n) is 2.64. The molecule has 8 heteroatoms. The summed E-state index contributed by atoms with van der Waals surface area (Å²) in [6.45, 7) is 3.32. The molecule has 0 unspecified atom stereocenters. The van der Waals surface area contributed by atoms with Gasteiger partial charge in [0.1, 0.15) is 5.70 Å². The van der Waals surface area contributed by atoms with Gasteiger partial charge in [0.05, 0.1) is 12.5 Å². The highest BCUT2D eigenvalue weighted by molar-refractivity contribution is 5.78. The standard InChI is InChI=1S/C20H32N6O2/c1-2-3-4-8-12-24-20(28)25-17(14-19(21)27)18(26-22)15-23-13-11-16-9-6-5-7-10-16/h5-7,9-10,15,17,22-23H,2-4,8,11-14H2,1H3,(H2,21,27)(H2,24,25,28)/b18-15-,26-22?/t17-/m1/s1. The van der Waals surface area contributed by atoms with Crippen LogP contribution in [0.15, 0.2) is 47.3 Å². The van der Waals surface area contributed by atoms with Crippen molar-refractivity contribution in [3.63, 3.8) is 0 Å². The van der Waals surface area contributed by atoms with Gasteiger partial charge in [0, 0.05) is 19.3 Å². The molecular formula is C20H32N6O2. The predicted octanol–water partition coefficient (Wildman–Crippen LogP) is 2.81. The normalized spacial score (nSPS) is 12.1. The van der Waals surface area contributed by atoms with Crippen molar-refractivity contribution in [1.82, 2.24) is 16.0 Å². The lowest BCUT2D eigenvalue weighted by Gasteiger charge is -2.18. The molecule has 3 amide bonds. The fourth-order valence-corrected chi connectivity index (χ4v) is 2.64. The third-order valence-electron chi connectivity index (χ3n) is 4.16. The minimum absolute atomic E-state index is 0.127. The highest BCUT2D eigenvalue weighted by Crippen LogP contribution is 2.08. The molecule has 0 aromatic heterocycles. The van der Waals surface area contributed by atoms with E-state index in [-0.39, 0.29) is 12.1 Å². The number of carbonyl (C=O) groups excluding carboxylic acids is 2. The van der Waals surface area contributed by atoms with Crippen molar-refractivity contribution in [2.24, 2.45) is 10.8 Å². The highest BCUT2D eigenvalue weighted by Gasteiger charge is 2.19. The number of urea groups is 1. The van der Waals surface area contributed by atoms with Crippen molar-refractivity contribution in [2.75, 3.05) is 13.1 Å². The molecule has 0 aliphatic carbocycles. The summed E-state index contributed by atoms with van der Waals surface area (Å²) in [5, 5.41) is 12.0. The van der Waals surface area contributed by atoms with Crippen LogP contribution in [0.25, 0.3) is 0 Å². The second kappa shape index (κ2) is 14.2. The molecule has 1 aromatic rings. The lowest BCUT2D eigenvalue weighted by Crippen LogP contribution is -2.45. The van der Waals surface area contributed by atoms with Crippen molar-refractivity contribution in [3.8, 4) is 0 Å². The van der Waals surface area contributed by atoms with Crippen LogP contribution in [0.2, 0.25) is 0 Å². The van der Waals surface area contributed by atoms with Crippen LogP contribution in [0.5, 0.6) is 0 Å². The van der Waals surface area contributed by atoms with Gasteiger partial charge in [0.25, 0.3) is 0 Å². The molecule has 0 bridgehead atoms. The molecule has 0 aliphatic rings. The maximum atomic E-state index is 12.1. The Balaban J connectivity index is 2.54. The third-order valence-corrected chi connectivity index (χ3v) is 4.16. The Labute approximate surface area is 166 Å². The number of benzene rings is 1. The smallest absolute Gasteiger partial charge is 0.315 e. The van der Waals surface area contributed by atoms with Crippen LogP contribution in [0, 0.1) is 5.53 Å². The Morgan fingerprint density at radius 1 is 1.18 bits per heavy atom. The molecule has 0 radical (unpaired) electrons. The number of amides is 3. The van der Waals surface area contributed by atoms with Crippen LogP contribution in [-0.4, -0.2) is 31.1 Å². The van der Waals surface area contributed by atoms with E-state index < -0.39 is 18.0 Å². The first-order chi connectivity index (χ1) is 13.6. The fraction of sp³-hybridized carbons (Fsp3) is 0.500. The molecule has 0 saturated heterocycles. The first kappa shape index (κ1) is 23.1. The summed E-state index contributed by atoms with van der Waals surface area (Å²) in [5.41, 5.74) is 14.1. The van der Waals surface area contributed by atoms with E-state index in [9.17, 15) is 9.59 Å². The molecule has 0 fully saturated rings. The summed E-state index contributed by atoms with van der Waals surface area (Å²) in [5.74, 6) is -0.577. The van der Waals surface area contributed by atoms with Gasteiger partial charge in [0.2, 0.25) is 5.91 Å². The first-order valence-corrected chi connectivity index (χ1v) is 9.74. The van der Waals surface area contributed by atoms with E-state index >= 15 is 0 Å². The second-order valence-electron chi connectivity index (χ2n) is 6.55. The number of unbranched alkanes of at least 4 members (excludes halogenated alkanes) is 3. The molecule has 0 aliphatic heterocycles. The van der Waals surface area contributed by atoms with Gasteiger partial charge in [-0.25, -0.2) is 10.3 Å². The minimum Gasteiger partial charge on any atom is -0.389 e. The number of nitrogens with one attached hydrogen (secondary N) is 4. The SMILES string of the molecule is CCCCCCNC(=O)N[C@H](CC(N)=O)/C(=C/NCCc1ccccc1)N=N. The number of nitrogens with zero attached hydrogens (tertiary/aromatic N) is 1. The average Bonchev–Trinajstić information content (AvgIpc) is 2.68. The van der Waals surface area contributed by atoms with Crippen LogP contribution in [-0.2, 0) is 11.2 Å². The molecule has 28 heavy (non-hydrogen) atoms. The number of hydrogen-bond acceptors (Lipinski definition) is 5. The Hall–Kier alpha value is -2.90. The lowest BCUT2D eigenvalue weighted by molar-refractivity contribution is -0.118. The van der Waals surface area contributed by atoms with Crippen molar-refractivity contribution < 1.29 is 9.59 Å².